The second-order valence-electron chi connectivity index (χ2n) is 5.53. The van der Waals surface area contributed by atoms with Crippen molar-refractivity contribution in [3.8, 4) is 0 Å². The molecule has 0 saturated heterocycles. The van der Waals surface area contributed by atoms with Gasteiger partial charge in [-0.15, -0.1) is 0 Å². The van der Waals surface area contributed by atoms with Crippen molar-refractivity contribution in [3.05, 3.63) is 66.2 Å². The third-order valence-corrected chi connectivity index (χ3v) is 5.28. The Labute approximate surface area is 137 Å². The Kier molecular flexibility index (Phi) is 5.55. The number of sulfone groups is 1. The molecule has 0 aliphatic heterocycles. The molecular weight excluding hydrogens is 310 g/mol. The van der Waals surface area contributed by atoms with Gasteiger partial charge in [0.2, 0.25) is 5.91 Å². The minimum atomic E-state index is -3.43. The summed E-state index contributed by atoms with van der Waals surface area (Å²) in [6.45, 7) is 1.88. The van der Waals surface area contributed by atoms with E-state index in [1.807, 2.05) is 60.7 Å². The van der Waals surface area contributed by atoms with E-state index in [2.05, 4.69) is 0 Å². The number of carbonyl (C=O) groups is 1. The van der Waals surface area contributed by atoms with Gasteiger partial charge in [-0.25, -0.2) is 8.42 Å². The Hall–Kier alpha value is -2.14. The smallest absolute Gasteiger partial charge is 0.245 e. The van der Waals surface area contributed by atoms with Gasteiger partial charge in [-0.05, 0) is 31.0 Å². The van der Waals surface area contributed by atoms with Crippen LogP contribution >= 0.6 is 0 Å². The molecule has 0 bridgehead atoms. The number of carbonyl (C=O) groups excluding carboxylic acids is 1. The molecule has 0 heterocycles. The Morgan fingerprint density at radius 2 is 1.52 bits per heavy atom. The fraction of sp³-hybridized carbons (Fsp3) is 0.278. The first kappa shape index (κ1) is 17.2. The van der Waals surface area contributed by atoms with Gasteiger partial charge >= 0.3 is 0 Å². The fourth-order valence-corrected chi connectivity index (χ4v) is 2.76. The van der Waals surface area contributed by atoms with Crippen LogP contribution in [0.3, 0.4) is 0 Å². The molecule has 2 aromatic rings. The predicted octanol–water partition coefficient (Wildman–Crippen LogP) is 2.70. The van der Waals surface area contributed by atoms with Crippen LogP contribution in [-0.4, -0.2) is 32.4 Å². The number of hydrogen-bond donors (Lipinski definition) is 0. The van der Waals surface area contributed by atoms with Crippen molar-refractivity contribution in [2.45, 2.75) is 18.6 Å². The Balaban J connectivity index is 2.24. The molecule has 0 aromatic heterocycles. The maximum Gasteiger partial charge on any atom is 0.245 e. The van der Waals surface area contributed by atoms with Crippen LogP contribution in [0.5, 0.6) is 0 Å². The quantitative estimate of drug-likeness (QED) is 0.818. The monoisotopic (exact) mass is 331 g/mol. The summed E-state index contributed by atoms with van der Waals surface area (Å²) in [6.07, 6.45) is 1.76. The van der Waals surface area contributed by atoms with Gasteiger partial charge in [0.1, 0.15) is 5.25 Å². The molecule has 23 heavy (non-hydrogen) atoms. The molecule has 5 heteroatoms. The summed E-state index contributed by atoms with van der Waals surface area (Å²) in [5, 5.41) is -1.06. The first-order chi connectivity index (χ1) is 10.9. The molecule has 0 radical (unpaired) electrons. The van der Waals surface area contributed by atoms with Gasteiger partial charge in [0.15, 0.2) is 9.84 Å². The molecular formula is C18H21NO3S. The average molecular weight is 331 g/mol. The van der Waals surface area contributed by atoms with Gasteiger partial charge in [-0.1, -0.05) is 48.5 Å². The number of para-hydroxylation sites is 1. The van der Waals surface area contributed by atoms with Crippen molar-refractivity contribution in [3.63, 3.8) is 0 Å². The molecule has 0 fully saturated rings. The molecule has 4 nitrogen and oxygen atoms in total. The van der Waals surface area contributed by atoms with Gasteiger partial charge in [-0.2, -0.15) is 0 Å². The SMILES string of the molecule is CC(C(=O)N(CCc1ccccc1)c1ccccc1)S(C)(=O)=O. The first-order valence-electron chi connectivity index (χ1n) is 7.49. The molecule has 0 aliphatic rings. The van der Waals surface area contributed by atoms with E-state index in [4.69, 9.17) is 0 Å². The van der Waals surface area contributed by atoms with Crippen molar-refractivity contribution < 1.29 is 13.2 Å². The zero-order chi connectivity index (χ0) is 16.9. The van der Waals surface area contributed by atoms with E-state index in [1.54, 1.807) is 4.90 Å². The van der Waals surface area contributed by atoms with Crippen molar-refractivity contribution in [2.24, 2.45) is 0 Å². The molecule has 1 amide bonds. The molecule has 2 rings (SSSR count). The summed E-state index contributed by atoms with van der Waals surface area (Å²) >= 11 is 0. The Morgan fingerprint density at radius 3 is 2.04 bits per heavy atom. The predicted molar refractivity (Wildman–Crippen MR) is 93.2 cm³/mol. The highest BCUT2D eigenvalue weighted by Gasteiger charge is 2.29. The van der Waals surface area contributed by atoms with Crippen LogP contribution in [0.1, 0.15) is 12.5 Å². The second-order valence-corrected chi connectivity index (χ2v) is 7.90. The topological polar surface area (TPSA) is 54.5 Å². The van der Waals surface area contributed by atoms with Gasteiger partial charge in [0.05, 0.1) is 0 Å². The van der Waals surface area contributed by atoms with Crippen molar-refractivity contribution >= 4 is 21.4 Å². The lowest BCUT2D eigenvalue weighted by atomic mass is 10.1. The Morgan fingerprint density at radius 1 is 1.00 bits per heavy atom. The van der Waals surface area contributed by atoms with Crippen LogP contribution in [0.4, 0.5) is 5.69 Å². The highest BCUT2D eigenvalue weighted by atomic mass is 32.2. The molecule has 0 spiro atoms. The highest BCUT2D eigenvalue weighted by Crippen LogP contribution is 2.17. The summed E-state index contributed by atoms with van der Waals surface area (Å²) in [5.41, 5.74) is 1.82. The minimum absolute atomic E-state index is 0.394. The molecule has 1 unspecified atom stereocenters. The van der Waals surface area contributed by atoms with E-state index < -0.39 is 21.0 Å². The summed E-state index contributed by atoms with van der Waals surface area (Å²) in [5.74, 6) is -0.394. The van der Waals surface area contributed by atoms with Gasteiger partial charge in [0.25, 0.3) is 0 Å². The number of anilines is 1. The first-order valence-corrected chi connectivity index (χ1v) is 9.44. The van der Waals surface area contributed by atoms with Crippen molar-refractivity contribution in [1.29, 1.82) is 0 Å². The van der Waals surface area contributed by atoms with E-state index in [1.165, 1.54) is 6.92 Å². The second kappa shape index (κ2) is 7.42. The maximum absolute atomic E-state index is 12.7. The van der Waals surface area contributed by atoms with Crippen LogP contribution < -0.4 is 4.90 Å². The average Bonchev–Trinajstić information content (AvgIpc) is 2.55. The van der Waals surface area contributed by atoms with Gasteiger partial charge in [0, 0.05) is 18.5 Å². The van der Waals surface area contributed by atoms with E-state index in [0.717, 1.165) is 11.8 Å². The summed E-state index contributed by atoms with van der Waals surface area (Å²) < 4.78 is 23.5. The van der Waals surface area contributed by atoms with Crippen LogP contribution in [0, 0.1) is 0 Å². The number of amides is 1. The maximum atomic E-state index is 12.7. The molecule has 1 atom stereocenters. The fourth-order valence-electron chi connectivity index (χ4n) is 2.26. The summed E-state index contributed by atoms with van der Waals surface area (Å²) in [7, 11) is -3.43. The summed E-state index contributed by atoms with van der Waals surface area (Å²) in [4.78, 5) is 14.2. The lowest BCUT2D eigenvalue weighted by Crippen LogP contribution is -2.42. The number of hydrogen-bond acceptors (Lipinski definition) is 3. The van der Waals surface area contributed by atoms with Gasteiger partial charge < -0.3 is 4.90 Å². The minimum Gasteiger partial charge on any atom is -0.311 e. The van der Waals surface area contributed by atoms with Crippen molar-refractivity contribution in [2.75, 3.05) is 17.7 Å². The van der Waals surface area contributed by atoms with E-state index >= 15 is 0 Å². The third-order valence-electron chi connectivity index (χ3n) is 3.79. The third kappa shape index (κ3) is 4.66. The molecule has 0 aliphatic carbocycles. The number of rotatable bonds is 6. The number of nitrogens with zero attached hydrogens (tertiary/aromatic N) is 1. The van der Waals surface area contributed by atoms with E-state index in [-0.39, 0.29) is 0 Å². The van der Waals surface area contributed by atoms with Crippen LogP contribution in [0.25, 0.3) is 0 Å². The largest absolute Gasteiger partial charge is 0.311 e. The Bertz CT molecular complexity index is 742. The van der Waals surface area contributed by atoms with Crippen LogP contribution in [-0.2, 0) is 21.1 Å². The molecule has 2 aromatic carbocycles. The van der Waals surface area contributed by atoms with E-state index in [0.29, 0.717) is 18.7 Å². The van der Waals surface area contributed by atoms with E-state index in [9.17, 15) is 13.2 Å². The summed E-state index contributed by atoms with van der Waals surface area (Å²) in [6, 6.07) is 19.0. The standard InChI is InChI=1S/C18H21NO3S/c1-15(23(2,21)22)18(20)19(17-11-7-4-8-12-17)14-13-16-9-5-3-6-10-16/h3-12,15H,13-14H2,1-2H3. The van der Waals surface area contributed by atoms with Crippen LogP contribution in [0.15, 0.2) is 60.7 Å². The molecule has 0 saturated carbocycles. The van der Waals surface area contributed by atoms with Gasteiger partial charge in [-0.3, -0.25) is 4.79 Å². The zero-order valence-corrected chi connectivity index (χ0v) is 14.2. The molecule has 0 N–H and O–H groups in total. The molecule has 122 valence electrons. The normalized spacial score (nSPS) is 12.6. The number of benzene rings is 2. The van der Waals surface area contributed by atoms with Crippen molar-refractivity contribution in [1.82, 2.24) is 0 Å². The van der Waals surface area contributed by atoms with Crippen LogP contribution in [0.2, 0.25) is 0 Å². The lowest BCUT2D eigenvalue weighted by molar-refractivity contribution is -0.117. The highest BCUT2D eigenvalue weighted by molar-refractivity contribution is 7.92. The zero-order valence-electron chi connectivity index (χ0n) is 13.3. The lowest BCUT2D eigenvalue weighted by Gasteiger charge is -2.25.